The largest absolute Gasteiger partial charge is 0.384 e. The van der Waals surface area contributed by atoms with Crippen LogP contribution in [0.4, 0.5) is 5.69 Å². The maximum Gasteiger partial charge on any atom is 0.213 e. The number of nitrogens with one attached hydrogen (secondary N) is 3. The molecule has 0 aliphatic heterocycles. The normalized spacial score (nSPS) is 12.7. The highest BCUT2D eigenvalue weighted by Crippen LogP contribution is 2.09. The molecule has 0 radical (unpaired) electrons. The lowest BCUT2D eigenvalue weighted by Crippen LogP contribution is -2.34. The van der Waals surface area contributed by atoms with Gasteiger partial charge < -0.3 is 5.32 Å². The Bertz CT molecular complexity index is 727. The van der Waals surface area contributed by atoms with Gasteiger partial charge in [-0.05, 0) is 51.8 Å². The van der Waals surface area contributed by atoms with Crippen LogP contribution in [0.2, 0.25) is 0 Å². The van der Waals surface area contributed by atoms with Gasteiger partial charge in [-0.2, -0.15) is 0 Å². The van der Waals surface area contributed by atoms with E-state index in [1.807, 2.05) is 24.3 Å². The fraction of sp³-hybridized carbons (Fsp3) is 0.625. The fourth-order valence-electron chi connectivity index (χ4n) is 1.86. The smallest absolute Gasteiger partial charge is 0.213 e. The predicted molar refractivity (Wildman–Crippen MR) is 103 cm³/mol. The minimum absolute atomic E-state index is 0.319. The third-order valence-corrected chi connectivity index (χ3v) is 7.36. The lowest BCUT2D eigenvalue weighted by Gasteiger charge is -2.11. The van der Waals surface area contributed by atoms with E-state index in [-0.39, 0.29) is 0 Å². The molecule has 1 aromatic rings. The van der Waals surface area contributed by atoms with E-state index in [2.05, 4.69) is 14.8 Å². The standard InChI is InChI=1S/C16H29N3O4S2/c1-13(2)24(20,21)18-10-9-15-5-7-16(8-6-15)17-11-12-19-25(22,23)14(3)4/h5-8,13-14,17-19H,9-12H2,1-4H3. The summed E-state index contributed by atoms with van der Waals surface area (Å²) in [7, 11) is -6.46. The molecule has 25 heavy (non-hydrogen) atoms. The highest BCUT2D eigenvalue weighted by molar-refractivity contribution is 7.90. The summed E-state index contributed by atoms with van der Waals surface area (Å²) in [6.45, 7) is 7.72. The van der Waals surface area contributed by atoms with E-state index in [0.29, 0.717) is 26.1 Å². The van der Waals surface area contributed by atoms with Crippen molar-refractivity contribution in [3.63, 3.8) is 0 Å². The van der Waals surface area contributed by atoms with Crippen LogP contribution in [0.5, 0.6) is 0 Å². The number of benzene rings is 1. The fourth-order valence-corrected chi connectivity index (χ4v) is 3.30. The zero-order valence-electron chi connectivity index (χ0n) is 15.2. The topological polar surface area (TPSA) is 104 Å². The maximum absolute atomic E-state index is 11.7. The molecule has 0 aromatic heterocycles. The molecular formula is C16H29N3O4S2. The molecule has 0 aliphatic rings. The summed E-state index contributed by atoms with van der Waals surface area (Å²) in [6, 6.07) is 7.63. The third kappa shape index (κ3) is 7.72. The van der Waals surface area contributed by atoms with Crippen LogP contribution in [0.3, 0.4) is 0 Å². The molecule has 7 nitrogen and oxygen atoms in total. The quantitative estimate of drug-likeness (QED) is 0.493. The van der Waals surface area contributed by atoms with Crippen molar-refractivity contribution in [3.8, 4) is 0 Å². The van der Waals surface area contributed by atoms with Gasteiger partial charge in [0.15, 0.2) is 0 Å². The Labute approximate surface area is 151 Å². The SMILES string of the molecule is CC(C)S(=O)(=O)NCCNc1ccc(CCNS(=O)(=O)C(C)C)cc1. The Morgan fingerprint density at radius 3 is 1.72 bits per heavy atom. The molecule has 0 aliphatic carbocycles. The first-order valence-corrected chi connectivity index (χ1v) is 11.4. The molecule has 0 saturated heterocycles. The number of hydrogen-bond donors (Lipinski definition) is 3. The second kappa shape index (κ2) is 9.51. The first-order chi connectivity index (χ1) is 11.5. The molecule has 9 heteroatoms. The summed E-state index contributed by atoms with van der Waals surface area (Å²) >= 11 is 0. The van der Waals surface area contributed by atoms with Crippen molar-refractivity contribution in [2.45, 2.75) is 44.6 Å². The molecule has 0 fully saturated rings. The Hall–Kier alpha value is -1.16. The summed E-state index contributed by atoms with van der Waals surface area (Å²) in [6.07, 6.45) is 0.612. The first-order valence-electron chi connectivity index (χ1n) is 8.34. The Balaban J connectivity index is 2.37. The van der Waals surface area contributed by atoms with Crippen LogP contribution in [-0.4, -0.2) is 47.0 Å². The minimum Gasteiger partial charge on any atom is -0.384 e. The first kappa shape index (κ1) is 21.9. The van der Waals surface area contributed by atoms with E-state index in [1.54, 1.807) is 27.7 Å². The molecular weight excluding hydrogens is 362 g/mol. The van der Waals surface area contributed by atoms with Crippen molar-refractivity contribution < 1.29 is 16.8 Å². The average Bonchev–Trinajstić information content (AvgIpc) is 2.52. The van der Waals surface area contributed by atoms with Gasteiger partial charge in [0.1, 0.15) is 0 Å². The van der Waals surface area contributed by atoms with Crippen molar-refractivity contribution in [2.75, 3.05) is 25.0 Å². The van der Waals surface area contributed by atoms with Gasteiger partial charge in [-0.1, -0.05) is 12.1 Å². The van der Waals surface area contributed by atoms with Crippen LogP contribution in [0, 0.1) is 0 Å². The molecule has 0 amide bonds. The zero-order chi connectivity index (χ0) is 19.1. The summed E-state index contributed by atoms with van der Waals surface area (Å²) in [5.41, 5.74) is 1.91. The van der Waals surface area contributed by atoms with Crippen LogP contribution in [0.15, 0.2) is 24.3 Å². The lowest BCUT2D eigenvalue weighted by molar-refractivity contribution is 0.571. The molecule has 0 atom stereocenters. The Morgan fingerprint density at radius 1 is 0.760 bits per heavy atom. The van der Waals surface area contributed by atoms with Gasteiger partial charge in [0, 0.05) is 25.3 Å². The van der Waals surface area contributed by atoms with Gasteiger partial charge in [-0.3, -0.25) is 0 Å². The molecule has 0 saturated carbocycles. The molecule has 1 aromatic carbocycles. The van der Waals surface area contributed by atoms with E-state index < -0.39 is 30.5 Å². The van der Waals surface area contributed by atoms with Crippen LogP contribution in [0.25, 0.3) is 0 Å². The molecule has 3 N–H and O–H groups in total. The Kier molecular flexibility index (Phi) is 8.33. The molecule has 0 unspecified atom stereocenters. The number of rotatable bonds is 11. The van der Waals surface area contributed by atoms with Crippen LogP contribution < -0.4 is 14.8 Å². The summed E-state index contributed by atoms with van der Waals surface area (Å²) in [5.74, 6) is 0. The summed E-state index contributed by atoms with van der Waals surface area (Å²) in [5, 5.41) is 2.26. The molecule has 0 bridgehead atoms. The highest BCUT2D eigenvalue weighted by Gasteiger charge is 2.15. The van der Waals surface area contributed by atoms with E-state index in [1.165, 1.54) is 0 Å². The van der Waals surface area contributed by atoms with Gasteiger partial charge in [-0.25, -0.2) is 26.3 Å². The monoisotopic (exact) mass is 391 g/mol. The van der Waals surface area contributed by atoms with Crippen LogP contribution in [-0.2, 0) is 26.5 Å². The van der Waals surface area contributed by atoms with E-state index in [9.17, 15) is 16.8 Å². The highest BCUT2D eigenvalue weighted by atomic mass is 32.2. The average molecular weight is 392 g/mol. The van der Waals surface area contributed by atoms with Crippen molar-refractivity contribution in [2.24, 2.45) is 0 Å². The van der Waals surface area contributed by atoms with Crippen molar-refractivity contribution in [3.05, 3.63) is 29.8 Å². The second-order valence-electron chi connectivity index (χ2n) is 6.35. The molecule has 0 heterocycles. The number of hydrogen-bond acceptors (Lipinski definition) is 5. The second-order valence-corrected chi connectivity index (χ2v) is 11.0. The third-order valence-electron chi connectivity index (χ3n) is 3.67. The summed E-state index contributed by atoms with van der Waals surface area (Å²) in [4.78, 5) is 0. The van der Waals surface area contributed by atoms with E-state index in [0.717, 1.165) is 11.3 Å². The Morgan fingerprint density at radius 2 is 1.24 bits per heavy atom. The number of anilines is 1. The van der Waals surface area contributed by atoms with Crippen molar-refractivity contribution >= 4 is 25.7 Å². The molecule has 144 valence electrons. The van der Waals surface area contributed by atoms with Gasteiger partial charge in [0.25, 0.3) is 0 Å². The minimum atomic E-state index is -3.23. The van der Waals surface area contributed by atoms with Gasteiger partial charge in [0.05, 0.1) is 10.5 Å². The van der Waals surface area contributed by atoms with Crippen LogP contribution >= 0.6 is 0 Å². The lowest BCUT2D eigenvalue weighted by atomic mass is 10.1. The van der Waals surface area contributed by atoms with Crippen molar-refractivity contribution in [1.82, 2.24) is 9.44 Å². The van der Waals surface area contributed by atoms with Gasteiger partial charge in [-0.15, -0.1) is 0 Å². The molecule has 0 spiro atoms. The van der Waals surface area contributed by atoms with E-state index >= 15 is 0 Å². The maximum atomic E-state index is 11.7. The summed E-state index contributed by atoms with van der Waals surface area (Å²) < 4.78 is 51.7. The number of sulfonamides is 2. The zero-order valence-corrected chi connectivity index (χ0v) is 16.9. The molecule has 1 rings (SSSR count). The van der Waals surface area contributed by atoms with E-state index in [4.69, 9.17) is 0 Å². The predicted octanol–water partition coefficient (Wildman–Crippen LogP) is 1.30. The van der Waals surface area contributed by atoms with Gasteiger partial charge >= 0.3 is 0 Å². The van der Waals surface area contributed by atoms with Crippen LogP contribution in [0.1, 0.15) is 33.3 Å². The van der Waals surface area contributed by atoms with Gasteiger partial charge in [0.2, 0.25) is 20.0 Å². The van der Waals surface area contributed by atoms with Crippen molar-refractivity contribution in [1.29, 1.82) is 0 Å².